The Hall–Kier alpha value is -1.27. The highest BCUT2D eigenvalue weighted by atomic mass is 32.1. The lowest BCUT2D eigenvalue weighted by Gasteiger charge is -2.24. The molecular weight excluding hydrogens is 236 g/mol. The van der Waals surface area contributed by atoms with E-state index < -0.39 is 0 Å². The number of rotatable bonds is 5. The van der Waals surface area contributed by atoms with E-state index in [0.717, 1.165) is 17.7 Å². The van der Waals surface area contributed by atoms with E-state index in [-0.39, 0.29) is 5.41 Å². The summed E-state index contributed by atoms with van der Waals surface area (Å²) in [4.78, 5) is 9.37. The summed E-state index contributed by atoms with van der Waals surface area (Å²) in [5, 5.41) is 4.00. The van der Waals surface area contributed by atoms with E-state index >= 15 is 0 Å². The predicted octanol–water partition coefficient (Wildman–Crippen LogP) is 2.21. The third-order valence-electron chi connectivity index (χ3n) is 3.28. The second kappa shape index (κ2) is 4.93. The van der Waals surface area contributed by atoms with Gasteiger partial charge in [0.1, 0.15) is 0 Å². The molecule has 2 aromatic heterocycles. The Labute approximate surface area is 104 Å². The van der Waals surface area contributed by atoms with Crippen molar-refractivity contribution < 1.29 is 4.52 Å². The van der Waals surface area contributed by atoms with Crippen molar-refractivity contribution >= 4 is 11.3 Å². The Balaban J connectivity index is 2.35. The molecule has 0 aliphatic rings. The van der Waals surface area contributed by atoms with E-state index in [2.05, 4.69) is 29.0 Å². The van der Waals surface area contributed by atoms with Gasteiger partial charge in [0, 0.05) is 12.7 Å². The van der Waals surface area contributed by atoms with E-state index in [1.807, 2.05) is 0 Å². The summed E-state index contributed by atoms with van der Waals surface area (Å²) in [6.45, 7) is 4.70. The molecule has 0 radical (unpaired) electrons. The summed E-state index contributed by atoms with van der Waals surface area (Å²) >= 11 is 1.50. The molecule has 5 nitrogen and oxygen atoms in total. The molecular formula is C11H16N4OS. The molecule has 6 heteroatoms. The first-order valence-electron chi connectivity index (χ1n) is 5.69. The van der Waals surface area contributed by atoms with Gasteiger partial charge in [-0.1, -0.05) is 19.0 Å². The molecule has 2 aromatic rings. The van der Waals surface area contributed by atoms with Gasteiger partial charge in [-0.2, -0.15) is 4.98 Å². The molecule has 0 fully saturated rings. The Bertz CT molecular complexity index is 453. The Kier molecular flexibility index (Phi) is 3.54. The van der Waals surface area contributed by atoms with Crippen LogP contribution in [0.4, 0.5) is 0 Å². The summed E-state index contributed by atoms with van der Waals surface area (Å²) < 4.78 is 5.36. The highest BCUT2D eigenvalue weighted by molar-refractivity contribution is 7.13. The zero-order valence-electron chi connectivity index (χ0n) is 10.0. The molecule has 0 aromatic carbocycles. The van der Waals surface area contributed by atoms with E-state index in [1.165, 1.54) is 11.3 Å². The smallest absolute Gasteiger partial charge is 0.234 e. The maximum Gasteiger partial charge on any atom is 0.234 e. The molecule has 0 aliphatic carbocycles. The highest BCUT2D eigenvalue weighted by Crippen LogP contribution is 2.31. The Morgan fingerprint density at radius 3 is 2.71 bits per heavy atom. The topological polar surface area (TPSA) is 77.8 Å². The zero-order valence-corrected chi connectivity index (χ0v) is 10.8. The van der Waals surface area contributed by atoms with Crippen LogP contribution in [-0.2, 0) is 5.41 Å². The standard InChI is InChI=1S/C11H16N4OS/c1-3-11(4-2,6-12)10-14-9(15-16-10)8-5-13-7-17-8/h5,7H,3-4,6,12H2,1-2H3. The highest BCUT2D eigenvalue weighted by Gasteiger charge is 2.33. The molecule has 0 aliphatic heterocycles. The molecule has 0 saturated heterocycles. The first-order chi connectivity index (χ1) is 8.25. The Morgan fingerprint density at radius 2 is 2.18 bits per heavy atom. The maximum absolute atomic E-state index is 5.85. The van der Waals surface area contributed by atoms with E-state index in [1.54, 1.807) is 11.7 Å². The molecule has 0 atom stereocenters. The number of aromatic nitrogens is 3. The predicted molar refractivity (Wildman–Crippen MR) is 66.7 cm³/mol. The van der Waals surface area contributed by atoms with Crippen LogP contribution in [0.2, 0.25) is 0 Å². The van der Waals surface area contributed by atoms with Crippen molar-refractivity contribution in [3.8, 4) is 10.7 Å². The average molecular weight is 252 g/mol. The van der Waals surface area contributed by atoms with Crippen LogP contribution >= 0.6 is 11.3 Å². The lowest BCUT2D eigenvalue weighted by atomic mass is 9.82. The normalized spacial score (nSPS) is 11.9. The molecule has 92 valence electrons. The number of nitrogens with two attached hydrogens (primary N) is 1. The quantitative estimate of drug-likeness (QED) is 0.882. The van der Waals surface area contributed by atoms with Crippen molar-refractivity contribution in [3.63, 3.8) is 0 Å². The van der Waals surface area contributed by atoms with Crippen LogP contribution in [0.25, 0.3) is 10.7 Å². The van der Waals surface area contributed by atoms with Crippen molar-refractivity contribution in [2.75, 3.05) is 6.54 Å². The number of nitrogens with zero attached hydrogens (tertiary/aromatic N) is 3. The van der Waals surface area contributed by atoms with Crippen LogP contribution in [0.5, 0.6) is 0 Å². The third-order valence-corrected chi connectivity index (χ3v) is 4.05. The van der Waals surface area contributed by atoms with Crippen molar-refractivity contribution in [1.82, 2.24) is 15.1 Å². The molecule has 0 bridgehead atoms. The molecule has 0 unspecified atom stereocenters. The second-order valence-electron chi connectivity index (χ2n) is 3.98. The summed E-state index contributed by atoms with van der Waals surface area (Å²) in [7, 11) is 0. The fourth-order valence-corrected chi connectivity index (χ4v) is 2.34. The van der Waals surface area contributed by atoms with Gasteiger partial charge < -0.3 is 10.3 Å². The molecule has 0 amide bonds. The molecule has 17 heavy (non-hydrogen) atoms. The fraction of sp³-hybridized carbons (Fsp3) is 0.545. The molecule has 0 spiro atoms. The average Bonchev–Trinajstić information content (AvgIpc) is 3.03. The van der Waals surface area contributed by atoms with Crippen molar-refractivity contribution in [1.29, 1.82) is 0 Å². The molecule has 2 N–H and O–H groups in total. The van der Waals surface area contributed by atoms with E-state index in [0.29, 0.717) is 18.3 Å². The van der Waals surface area contributed by atoms with Gasteiger partial charge in [0.15, 0.2) is 0 Å². The molecule has 2 rings (SSSR count). The lowest BCUT2D eigenvalue weighted by Crippen LogP contribution is -2.34. The fourth-order valence-electron chi connectivity index (χ4n) is 1.79. The second-order valence-corrected chi connectivity index (χ2v) is 4.87. The van der Waals surface area contributed by atoms with Crippen LogP contribution in [0, 0.1) is 0 Å². The maximum atomic E-state index is 5.85. The van der Waals surface area contributed by atoms with Gasteiger partial charge >= 0.3 is 0 Å². The van der Waals surface area contributed by atoms with Gasteiger partial charge in [0.05, 0.1) is 15.8 Å². The first kappa shape index (κ1) is 12.2. The first-order valence-corrected chi connectivity index (χ1v) is 6.57. The van der Waals surface area contributed by atoms with Crippen LogP contribution in [0.1, 0.15) is 32.6 Å². The summed E-state index contributed by atoms with van der Waals surface area (Å²) in [6.07, 6.45) is 3.52. The van der Waals surface area contributed by atoms with Gasteiger partial charge in [-0.3, -0.25) is 4.98 Å². The Morgan fingerprint density at radius 1 is 1.41 bits per heavy atom. The minimum atomic E-state index is -0.198. The summed E-state index contributed by atoms with van der Waals surface area (Å²) in [5.74, 6) is 1.23. The van der Waals surface area contributed by atoms with Crippen LogP contribution in [0.3, 0.4) is 0 Å². The van der Waals surface area contributed by atoms with Crippen molar-refractivity contribution in [3.05, 3.63) is 17.6 Å². The summed E-state index contributed by atoms with van der Waals surface area (Å²) in [6, 6.07) is 0. The SMILES string of the molecule is CCC(CC)(CN)c1nc(-c2cncs2)no1. The van der Waals surface area contributed by atoms with E-state index in [9.17, 15) is 0 Å². The van der Waals surface area contributed by atoms with Crippen molar-refractivity contribution in [2.24, 2.45) is 5.73 Å². The molecule has 2 heterocycles. The molecule has 0 saturated carbocycles. The van der Waals surface area contributed by atoms with Crippen LogP contribution in [0.15, 0.2) is 16.2 Å². The lowest BCUT2D eigenvalue weighted by molar-refractivity contribution is 0.267. The van der Waals surface area contributed by atoms with Gasteiger partial charge in [-0.15, -0.1) is 11.3 Å². The zero-order chi connectivity index (χ0) is 12.3. The number of hydrogen-bond acceptors (Lipinski definition) is 6. The van der Waals surface area contributed by atoms with Crippen LogP contribution in [-0.4, -0.2) is 21.7 Å². The van der Waals surface area contributed by atoms with Gasteiger partial charge in [-0.25, -0.2) is 0 Å². The van der Waals surface area contributed by atoms with Crippen LogP contribution < -0.4 is 5.73 Å². The minimum absolute atomic E-state index is 0.198. The largest absolute Gasteiger partial charge is 0.338 e. The van der Waals surface area contributed by atoms with Gasteiger partial charge in [-0.05, 0) is 12.8 Å². The van der Waals surface area contributed by atoms with Gasteiger partial charge in [0.25, 0.3) is 0 Å². The number of hydrogen-bond donors (Lipinski definition) is 1. The monoisotopic (exact) mass is 252 g/mol. The van der Waals surface area contributed by atoms with E-state index in [4.69, 9.17) is 10.3 Å². The summed E-state index contributed by atoms with van der Waals surface area (Å²) in [5.41, 5.74) is 7.40. The van der Waals surface area contributed by atoms with Gasteiger partial charge in [0.2, 0.25) is 11.7 Å². The number of thiazole rings is 1. The van der Waals surface area contributed by atoms with Crippen molar-refractivity contribution in [2.45, 2.75) is 32.1 Å². The minimum Gasteiger partial charge on any atom is -0.338 e. The third kappa shape index (κ3) is 2.10.